The third-order valence-corrected chi connectivity index (χ3v) is 4.14. The van der Waals surface area contributed by atoms with Crippen LogP contribution < -0.4 is 10.6 Å². The van der Waals surface area contributed by atoms with Gasteiger partial charge >= 0.3 is 0 Å². The SMILES string of the molecule is CC(C)C(C)CNCC1CNc2ccccc2C1. The fourth-order valence-corrected chi connectivity index (χ4v) is 2.40. The monoisotopic (exact) mass is 246 g/mol. The zero-order valence-electron chi connectivity index (χ0n) is 11.9. The highest BCUT2D eigenvalue weighted by atomic mass is 14.9. The first-order valence-corrected chi connectivity index (χ1v) is 7.19. The van der Waals surface area contributed by atoms with Crippen molar-refractivity contribution in [3.63, 3.8) is 0 Å². The molecule has 0 radical (unpaired) electrons. The summed E-state index contributed by atoms with van der Waals surface area (Å²) in [5, 5.41) is 7.16. The number of hydrogen-bond donors (Lipinski definition) is 2. The number of rotatable bonds is 5. The zero-order valence-corrected chi connectivity index (χ0v) is 11.9. The molecule has 0 aromatic heterocycles. The van der Waals surface area contributed by atoms with Crippen molar-refractivity contribution >= 4 is 5.69 Å². The standard InChI is InChI=1S/C16H26N2/c1-12(2)13(3)9-17-10-14-8-15-6-4-5-7-16(15)18-11-14/h4-7,12-14,17-18H,8-11H2,1-3H3. The molecule has 2 N–H and O–H groups in total. The van der Waals surface area contributed by atoms with Gasteiger partial charge in [0.2, 0.25) is 0 Å². The molecule has 2 nitrogen and oxygen atoms in total. The molecule has 100 valence electrons. The number of hydrogen-bond acceptors (Lipinski definition) is 2. The molecule has 2 rings (SSSR count). The van der Waals surface area contributed by atoms with Gasteiger partial charge in [-0.15, -0.1) is 0 Å². The van der Waals surface area contributed by atoms with Crippen molar-refractivity contribution in [3.8, 4) is 0 Å². The van der Waals surface area contributed by atoms with Crippen LogP contribution in [0.25, 0.3) is 0 Å². The Morgan fingerprint density at radius 3 is 2.83 bits per heavy atom. The summed E-state index contributed by atoms with van der Waals surface area (Å²) >= 11 is 0. The molecule has 0 fully saturated rings. The summed E-state index contributed by atoms with van der Waals surface area (Å²) < 4.78 is 0. The Morgan fingerprint density at radius 1 is 1.28 bits per heavy atom. The van der Waals surface area contributed by atoms with Gasteiger partial charge in [-0.1, -0.05) is 39.0 Å². The summed E-state index contributed by atoms with van der Waals surface area (Å²) in [4.78, 5) is 0. The summed E-state index contributed by atoms with van der Waals surface area (Å²) in [5.74, 6) is 2.25. The summed E-state index contributed by atoms with van der Waals surface area (Å²) in [5.41, 5.74) is 2.79. The Bertz CT molecular complexity index is 373. The van der Waals surface area contributed by atoms with Crippen molar-refractivity contribution in [1.29, 1.82) is 0 Å². The summed E-state index contributed by atoms with van der Waals surface area (Å²) in [6.07, 6.45) is 1.20. The molecule has 1 heterocycles. The summed E-state index contributed by atoms with van der Waals surface area (Å²) in [6, 6.07) is 8.66. The Labute approximate surface area is 111 Å². The van der Waals surface area contributed by atoms with Crippen LogP contribution in [0.5, 0.6) is 0 Å². The fraction of sp³-hybridized carbons (Fsp3) is 0.625. The number of benzene rings is 1. The lowest BCUT2D eigenvalue weighted by Gasteiger charge is -2.27. The van der Waals surface area contributed by atoms with Crippen LogP contribution in [0, 0.1) is 17.8 Å². The molecule has 2 heteroatoms. The third kappa shape index (κ3) is 3.49. The topological polar surface area (TPSA) is 24.1 Å². The van der Waals surface area contributed by atoms with Gasteiger partial charge in [0.25, 0.3) is 0 Å². The van der Waals surface area contributed by atoms with Crippen LogP contribution >= 0.6 is 0 Å². The average Bonchev–Trinajstić information content (AvgIpc) is 2.38. The second kappa shape index (κ2) is 6.24. The molecular weight excluding hydrogens is 220 g/mol. The number of anilines is 1. The first-order chi connectivity index (χ1) is 8.66. The quantitative estimate of drug-likeness (QED) is 0.834. The van der Waals surface area contributed by atoms with E-state index in [1.54, 1.807) is 0 Å². The molecule has 2 atom stereocenters. The van der Waals surface area contributed by atoms with Crippen LogP contribution in [0.4, 0.5) is 5.69 Å². The van der Waals surface area contributed by atoms with E-state index in [4.69, 9.17) is 0 Å². The lowest BCUT2D eigenvalue weighted by Crippen LogP contribution is -2.35. The van der Waals surface area contributed by atoms with E-state index in [0.29, 0.717) is 0 Å². The normalized spacial score (nSPS) is 20.3. The molecule has 0 spiro atoms. The van der Waals surface area contributed by atoms with Crippen molar-refractivity contribution in [2.24, 2.45) is 17.8 Å². The third-order valence-electron chi connectivity index (χ3n) is 4.14. The minimum Gasteiger partial charge on any atom is -0.384 e. The largest absolute Gasteiger partial charge is 0.384 e. The van der Waals surface area contributed by atoms with Crippen molar-refractivity contribution in [2.45, 2.75) is 27.2 Å². The maximum absolute atomic E-state index is 3.63. The first kappa shape index (κ1) is 13.4. The Morgan fingerprint density at radius 2 is 2.06 bits per heavy atom. The van der Waals surface area contributed by atoms with Crippen LogP contribution in [0.1, 0.15) is 26.3 Å². The van der Waals surface area contributed by atoms with Crippen LogP contribution in [0.3, 0.4) is 0 Å². The van der Waals surface area contributed by atoms with Crippen LogP contribution in [-0.4, -0.2) is 19.6 Å². The highest BCUT2D eigenvalue weighted by Gasteiger charge is 2.17. The fourth-order valence-electron chi connectivity index (χ4n) is 2.40. The molecule has 1 aliphatic rings. The van der Waals surface area contributed by atoms with Crippen molar-refractivity contribution in [2.75, 3.05) is 25.0 Å². The molecule has 0 amide bonds. The molecule has 0 bridgehead atoms. The van der Waals surface area contributed by atoms with Gasteiger partial charge in [0.05, 0.1) is 0 Å². The molecule has 0 saturated carbocycles. The maximum Gasteiger partial charge on any atom is 0.0372 e. The van der Waals surface area contributed by atoms with E-state index in [1.165, 1.54) is 17.7 Å². The summed E-state index contributed by atoms with van der Waals surface area (Å²) in [6.45, 7) is 10.3. The number of nitrogens with one attached hydrogen (secondary N) is 2. The van der Waals surface area contributed by atoms with E-state index in [-0.39, 0.29) is 0 Å². The number of para-hydroxylation sites is 1. The predicted molar refractivity (Wildman–Crippen MR) is 79.0 cm³/mol. The van der Waals surface area contributed by atoms with Crippen molar-refractivity contribution in [1.82, 2.24) is 5.32 Å². The highest BCUT2D eigenvalue weighted by Crippen LogP contribution is 2.23. The number of fused-ring (bicyclic) bond motifs is 1. The Hall–Kier alpha value is -1.02. The molecule has 0 aliphatic carbocycles. The van der Waals surface area contributed by atoms with Gasteiger partial charge in [-0.25, -0.2) is 0 Å². The van der Waals surface area contributed by atoms with Gasteiger partial charge in [-0.2, -0.15) is 0 Å². The minimum atomic E-state index is 0.722. The van der Waals surface area contributed by atoms with Crippen LogP contribution in [-0.2, 0) is 6.42 Å². The molecule has 18 heavy (non-hydrogen) atoms. The highest BCUT2D eigenvalue weighted by molar-refractivity contribution is 5.53. The Kier molecular flexibility index (Phi) is 4.65. The van der Waals surface area contributed by atoms with E-state index in [0.717, 1.165) is 37.4 Å². The van der Waals surface area contributed by atoms with Crippen LogP contribution in [0.2, 0.25) is 0 Å². The van der Waals surface area contributed by atoms with E-state index >= 15 is 0 Å². The smallest absolute Gasteiger partial charge is 0.0372 e. The lowest BCUT2D eigenvalue weighted by atomic mass is 9.93. The van der Waals surface area contributed by atoms with Gasteiger partial charge in [0.1, 0.15) is 0 Å². The molecular formula is C16H26N2. The average molecular weight is 246 g/mol. The van der Waals surface area contributed by atoms with E-state index in [9.17, 15) is 0 Å². The molecule has 0 saturated heterocycles. The van der Waals surface area contributed by atoms with Crippen molar-refractivity contribution in [3.05, 3.63) is 29.8 Å². The zero-order chi connectivity index (χ0) is 13.0. The second-order valence-electron chi connectivity index (χ2n) is 5.99. The predicted octanol–water partition coefficient (Wildman–Crippen LogP) is 3.15. The molecule has 1 aromatic carbocycles. The van der Waals surface area contributed by atoms with E-state index in [2.05, 4.69) is 55.7 Å². The molecule has 1 aromatic rings. The Balaban J connectivity index is 1.76. The van der Waals surface area contributed by atoms with Crippen LogP contribution in [0.15, 0.2) is 24.3 Å². The van der Waals surface area contributed by atoms with Crippen molar-refractivity contribution < 1.29 is 0 Å². The minimum absolute atomic E-state index is 0.722. The van der Waals surface area contributed by atoms with Gasteiger partial charge in [-0.05, 0) is 48.9 Å². The maximum atomic E-state index is 3.63. The van der Waals surface area contributed by atoms with Gasteiger partial charge in [0, 0.05) is 12.2 Å². The van der Waals surface area contributed by atoms with E-state index < -0.39 is 0 Å². The summed E-state index contributed by atoms with van der Waals surface area (Å²) in [7, 11) is 0. The van der Waals surface area contributed by atoms with E-state index in [1.807, 2.05) is 0 Å². The molecule has 2 unspecified atom stereocenters. The first-order valence-electron chi connectivity index (χ1n) is 7.19. The van der Waals surface area contributed by atoms with Gasteiger partial charge < -0.3 is 10.6 Å². The van der Waals surface area contributed by atoms with Gasteiger partial charge in [-0.3, -0.25) is 0 Å². The second-order valence-corrected chi connectivity index (χ2v) is 5.99. The van der Waals surface area contributed by atoms with Gasteiger partial charge in [0.15, 0.2) is 0 Å². The molecule has 1 aliphatic heterocycles. The lowest BCUT2D eigenvalue weighted by molar-refractivity contribution is 0.373.